The molecule has 6 aromatic carbocycles. The number of fused-ring (bicyclic) bond motifs is 11. The Morgan fingerprint density at radius 1 is 0.592 bits per heavy atom. The van der Waals surface area contributed by atoms with Gasteiger partial charge in [0.05, 0.1) is 0 Å². The largest absolute Gasteiger partial charge is 1.00 e. The van der Waals surface area contributed by atoms with E-state index < -0.39 is 28.3 Å². The first-order valence-electron chi connectivity index (χ1n) is 26.0. The summed E-state index contributed by atoms with van der Waals surface area (Å²) >= 11 is -1.28. The van der Waals surface area contributed by atoms with Gasteiger partial charge in [0.2, 0.25) is 0 Å². The van der Waals surface area contributed by atoms with Crippen LogP contribution < -0.4 is 35.2 Å². The number of hydrogen-bond acceptors (Lipinski definition) is 0. The first-order valence-corrected chi connectivity index (χ1v) is 33.4. The van der Waals surface area contributed by atoms with Gasteiger partial charge in [-0.3, -0.25) is 0 Å². The second-order valence-corrected chi connectivity index (χ2v) is 33.8. The van der Waals surface area contributed by atoms with E-state index in [1.54, 1.807) is 27.1 Å². The summed E-state index contributed by atoms with van der Waals surface area (Å²) in [5, 5.41) is 8.54. The van der Waals surface area contributed by atoms with Crippen molar-refractivity contribution in [1.82, 2.24) is 0 Å². The zero-order valence-corrected chi connectivity index (χ0v) is 48.2. The zero-order valence-electron chi connectivity index (χ0n) is 43.0. The minimum absolute atomic E-state index is 0. The van der Waals surface area contributed by atoms with Crippen LogP contribution >= 0.6 is 0 Å². The van der Waals surface area contributed by atoms with E-state index in [9.17, 15) is 0 Å². The molecule has 6 aliphatic carbocycles. The molecule has 0 saturated heterocycles. The number of halogens is 2. The Kier molecular flexibility index (Phi) is 12.5. The van der Waals surface area contributed by atoms with Gasteiger partial charge in [0.1, 0.15) is 0 Å². The van der Waals surface area contributed by atoms with E-state index in [1.807, 2.05) is 0 Å². The van der Waals surface area contributed by atoms with Crippen LogP contribution in [0.4, 0.5) is 0 Å². The van der Waals surface area contributed by atoms with Crippen molar-refractivity contribution in [2.75, 3.05) is 0 Å². The molecule has 0 nitrogen and oxygen atoms in total. The molecule has 0 heterocycles. The molecular weight excluding hydrogens is 995 g/mol. The van der Waals surface area contributed by atoms with E-state index in [1.165, 1.54) is 43.8 Å². The van der Waals surface area contributed by atoms with Crippen LogP contribution in [-0.2, 0) is 22.4 Å². The fourth-order valence-electron chi connectivity index (χ4n) is 17.3. The molecule has 4 heteroatoms. The van der Waals surface area contributed by atoms with E-state index in [4.69, 9.17) is 0 Å². The SMILES string of the molecule is CCCC1=Cc2c(-c3c4ccccc4cc4ccccc34)cccc2C1C1=CC=CC2(C)C3(C)C=CC=CC3(C)C3(C)C4(C)C(C)=CC=CC4[CH]([Zr+2][SiH](c4ccccc4)c4ccccc4)C3(C)C12C.[Cl-].[Cl-]. The molecular formula is C67H68Cl2SiZr. The van der Waals surface area contributed by atoms with Crippen molar-refractivity contribution >= 4 is 43.9 Å². The molecule has 0 aliphatic heterocycles. The third-order valence-corrected chi connectivity index (χ3v) is 36.5. The minimum atomic E-state index is -1.62. The van der Waals surface area contributed by atoms with Crippen molar-refractivity contribution in [3.8, 4) is 11.1 Å². The summed E-state index contributed by atoms with van der Waals surface area (Å²) in [5.41, 5.74) is 9.30. The molecule has 10 unspecified atom stereocenters. The Morgan fingerprint density at radius 2 is 1.17 bits per heavy atom. The summed E-state index contributed by atoms with van der Waals surface area (Å²) in [4.78, 5) is 0. The molecule has 0 radical (unpaired) electrons. The molecule has 0 spiro atoms. The summed E-state index contributed by atoms with van der Waals surface area (Å²) in [6.07, 6.45) is 30.8. The Balaban J connectivity index is 0.00000291. The average molecular weight is 1060 g/mol. The number of rotatable bonds is 8. The molecule has 10 atom stereocenters. The van der Waals surface area contributed by atoms with Gasteiger partial charge in [-0.15, -0.1) is 0 Å². The maximum atomic E-state index is 2.91. The second-order valence-electron chi connectivity index (χ2n) is 23.0. The topological polar surface area (TPSA) is 0 Å². The van der Waals surface area contributed by atoms with Crippen LogP contribution in [-0.4, -0.2) is 5.92 Å². The Morgan fingerprint density at radius 3 is 1.79 bits per heavy atom. The molecule has 0 aromatic heterocycles. The van der Waals surface area contributed by atoms with Crippen LogP contribution in [0.25, 0.3) is 38.7 Å². The first-order chi connectivity index (χ1) is 33.2. The summed E-state index contributed by atoms with van der Waals surface area (Å²) in [7, 11) is 0. The molecule has 0 N–H and O–H groups in total. The standard InChI is InChI=1S/C55H57.C12H11Si.2ClH.Zr/c1-10-20-39-34-45-43(27-18-28-44(45)48-41-25-13-11-22-37(41)33-38-23-12-14-26-42(38)48)47(39)46-29-19-32-50(4)49(3)30-15-16-31-51(49,5)55(9)52(6,54(46,50)8)35-40-24-17-21-36(2)53(40,55)7;1-3-7-11(8-4-1)13-12-9-5-2-6-10-12;;;/h11-19,21-35,40,47H,10,20H2,1-9H3;1-10,13H;2*1H;/q;;;;+2/p-2. The quantitative estimate of drug-likeness (QED) is 0.105. The van der Waals surface area contributed by atoms with Crippen LogP contribution in [0.15, 0.2) is 211 Å². The van der Waals surface area contributed by atoms with Gasteiger partial charge in [0, 0.05) is 0 Å². The third kappa shape index (κ3) is 6.18. The molecule has 6 aromatic rings. The van der Waals surface area contributed by atoms with Crippen LogP contribution in [0.1, 0.15) is 92.2 Å². The molecule has 2 fully saturated rings. The van der Waals surface area contributed by atoms with Crippen molar-refractivity contribution in [2.24, 2.45) is 43.8 Å². The first kappa shape index (κ1) is 50.2. The minimum Gasteiger partial charge on any atom is -1.00 e. The van der Waals surface area contributed by atoms with Gasteiger partial charge >= 0.3 is 416 Å². The van der Waals surface area contributed by atoms with Crippen molar-refractivity contribution in [2.45, 2.75) is 84.7 Å². The normalized spacial score (nSPS) is 33.7. The van der Waals surface area contributed by atoms with E-state index in [0.717, 1.165) is 12.8 Å². The second kappa shape index (κ2) is 17.7. The summed E-state index contributed by atoms with van der Waals surface area (Å²) in [5.74, 6) is -1.00. The molecule has 0 bridgehead atoms. The van der Waals surface area contributed by atoms with Crippen molar-refractivity contribution < 1.29 is 47.2 Å². The smallest absolute Gasteiger partial charge is 1.00 e. The van der Waals surface area contributed by atoms with Gasteiger partial charge < -0.3 is 24.8 Å². The summed E-state index contributed by atoms with van der Waals surface area (Å²) in [6.45, 7) is 24.4. The maximum absolute atomic E-state index is 2.91. The summed E-state index contributed by atoms with van der Waals surface area (Å²) in [6, 6.07) is 51.7. The van der Waals surface area contributed by atoms with Crippen LogP contribution in [0.2, 0.25) is 3.63 Å². The van der Waals surface area contributed by atoms with Crippen LogP contribution in [0, 0.1) is 43.8 Å². The Hall–Kier alpha value is -4.30. The molecule has 6 aliphatic rings. The van der Waals surface area contributed by atoms with Gasteiger partial charge in [-0.1, -0.05) is 12.1 Å². The monoisotopic (exact) mass is 1060 g/mol. The molecule has 71 heavy (non-hydrogen) atoms. The third-order valence-electron chi connectivity index (χ3n) is 21.4. The van der Waals surface area contributed by atoms with Gasteiger partial charge in [-0.25, -0.2) is 0 Å². The van der Waals surface area contributed by atoms with Crippen LogP contribution in [0.5, 0.6) is 0 Å². The zero-order chi connectivity index (χ0) is 47.8. The maximum Gasteiger partial charge on any atom is -1.00 e. The summed E-state index contributed by atoms with van der Waals surface area (Å²) < 4.78 is 0.556. The fourth-order valence-corrected chi connectivity index (χ4v) is 35.0. The van der Waals surface area contributed by atoms with E-state index in [-0.39, 0.29) is 68.6 Å². The van der Waals surface area contributed by atoms with E-state index >= 15 is 0 Å². The Bertz CT molecular complexity index is 3230. The fraction of sp³-hybridized carbons (Fsp3) is 0.313. The van der Waals surface area contributed by atoms with Crippen molar-refractivity contribution in [3.05, 3.63) is 222 Å². The molecule has 358 valence electrons. The predicted octanol–water partition coefficient (Wildman–Crippen LogP) is 10.2. The van der Waals surface area contributed by atoms with Crippen molar-refractivity contribution in [3.63, 3.8) is 0 Å². The molecule has 2 saturated carbocycles. The number of allylic oxidation sites excluding steroid dienone is 13. The van der Waals surface area contributed by atoms with Crippen LogP contribution in [0.3, 0.4) is 0 Å². The predicted molar refractivity (Wildman–Crippen MR) is 294 cm³/mol. The van der Waals surface area contributed by atoms with Gasteiger partial charge in [0.25, 0.3) is 0 Å². The van der Waals surface area contributed by atoms with Gasteiger partial charge in [0.15, 0.2) is 0 Å². The number of benzene rings is 6. The van der Waals surface area contributed by atoms with E-state index in [2.05, 4.69) is 263 Å². The average Bonchev–Trinajstić information content (AvgIpc) is 3.81. The van der Waals surface area contributed by atoms with Gasteiger partial charge in [-0.05, 0) is 0 Å². The molecule has 12 rings (SSSR count). The van der Waals surface area contributed by atoms with Crippen molar-refractivity contribution in [1.29, 1.82) is 0 Å². The van der Waals surface area contributed by atoms with Gasteiger partial charge in [-0.2, -0.15) is 0 Å². The van der Waals surface area contributed by atoms with E-state index in [0.29, 0.717) is 9.54 Å². The number of hydrogen-bond donors (Lipinski definition) is 0. The Labute approximate surface area is 449 Å². The molecule has 0 amide bonds.